The Morgan fingerprint density at radius 2 is 1.89 bits per heavy atom. The molecule has 0 saturated heterocycles. The van der Waals surface area contributed by atoms with Crippen LogP contribution in [0.15, 0.2) is 28.7 Å². The summed E-state index contributed by atoms with van der Waals surface area (Å²) >= 11 is 3.35. The number of benzene rings is 1. The van der Waals surface area contributed by atoms with E-state index in [2.05, 4.69) is 15.9 Å². The van der Waals surface area contributed by atoms with Crippen molar-refractivity contribution in [1.82, 2.24) is 4.90 Å². The van der Waals surface area contributed by atoms with Crippen LogP contribution in [0.4, 0.5) is 4.79 Å². The maximum atomic E-state index is 12.0. The number of rotatable bonds is 3. The number of aliphatic hydroxyl groups excluding tert-OH is 1. The monoisotopic (exact) mass is 329 g/mol. The first-order valence-corrected chi connectivity index (χ1v) is 6.86. The van der Waals surface area contributed by atoms with Crippen LogP contribution in [0.1, 0.15) is 32.4 Å². The molecule has 0 aliphatic carbocycles. The van der Waals surface area contributed by atoms with E-state index in [1.807, 2.05) is 45.0 Å². The molecule has 1 N–H and O–H groups in total. The van der Waals surface area contributed by atoms with Gasteiger partial charge < -0.3 is 14.7 Å². The number of amides is 1. The fourth-order valence-corrected chi connectivity index (χ4v) is 1.86. The summed E-state index contributed by atoms with van der Waals surface area (Å²) in [5.74, 6) is 0. The number of hydrogen-bond donors (Lipinski definition) is 1. The molecule has 1 atom stereocenters. The Labute approximate surface area is 122 Å². The van der Waals surface area contributed by atoms with Crippen LogP contribution >= 0.6 is 15.9 Å². The van der Waals surface area contributed by atoms with Crippen molar-refractivity contribution in [3.05, 3.63) is 34.3 Å². The van der Waals surface area contributed by atoms with Crippen LogP contribution in [0.5, 0.6) is 0 Å². The Balaban J connectivity index is 2.85. The lowest BCUT2D eigenvalue weighted by molar-refractivity contribution is 0.0159. The number of ether oxygens (including phenoxy) is 1. The van der Waals surface area contributed by atoms with Crippen molar-refractivity contribution in [2.24, 2.45) is 0 Å². The van der Waals surface area contributed by atoms with E-state index >= 15 is 0 Å². The molecule has 1 rings (SSSR count). The van der Waals surface area contributed by atoms with Gasteiger partial charge in [0.25, 0.3) is 0 Å². The number of hydrogen-bond acceptors (Lipinski definition) is 3. The van der Waals surface area contributed by atoms with E-state index in [4.69, 9.17) is 4.74 Å². The summed E-state index contributed by atoms with van der Waals surface area (Å²) in [7, 11) is 1.62. The molecule has 0 radical (unpaired) electrons. The third-order valence-electron chi connectivity index (χ3n) is 2.58. The molecule has 0 fully saturated rings. The highest BCUT2D eigenvalue weighted by Crippen LogP contribution is 2.23. The summed E-state index contributed by atoms with van der Waals surface area (Å²) in [4.78, 5) is 13.4. The van der Waals surface area contributed by atoms with Gasteiger partial charge in [0.15, 0.2) is 0 Å². The molecule has 0 spiro atoms. The van der Waals surface area contributed by atoms with Gasteiger partial charge in [-0.05, 0) is 38.5 Å². The lowest BCUT2D eigenvalue weighted by atomic mass is 10.1. The van der Waals surface area contributed by atoms with Crippen LogP contribution in [0.2, 0.25) is 0 Å². The topological polar surface area (TPSA) is 49.8 Å². The summed E-state index contributed by atoms with van der Waals surface area (Å²) in [6.45, 7) is 5.28. The summed E-state index contributed by atoms with van der Waals surface area (Å²) in [5.41, 5.74) is 0.310. The second kappa shape index (κ2) is 6.39. The van der Waals surface area contributed by atoms with Crippen LogP contribution < -0.4 is 0 Å². The maximum Gasteiger partial charge on any atom is 0.410 e. The number of halogens is 1. The van der Waals surface area contributed by atoms with E-state index in [0.29, 0.717) is 0 Å². The van der Waals surface area contributed by atoms with Gasteiger partial charge in [0.1, 0.15) is 5.60 Å². The van der Waals surface area contributed by atoms with Crippen LogP contribution in [0, 0.1) is 0 Å². The molecule has 0 aromatic heterocycles. The molecule has 0 heterocycles. The van der Waals surface area contributed by atoms with E-state index in [-0.39, 0.29) is 6.61 Å². The molecule has 1 amide bonds. The first kappa shape index (κ1) is 16.0. The van der Waals surface area contributed by atoms with Crippen molar-refractivity contribution in [3.63, 3.8) is 0 Å². The Morgan fingerprint density at radius 1 is 1.37 bits per heavy atom. The molecule has 0 aliphatic rings. The molecule has 106 valence electrons. The Hall–Kier alpha value is -1.07. The summed E-state index contributed by atoms with van der Waals surface area (Å²) in [6.07, 6.45) is -0.450. The molecule has 0 aliphatic heterocycles. The van der Waals surface area contributed by atoms with Crippen LogP contribution in [0.3, 0.4) is 0 Å². The lowest BCUT2D eigenvalue weighted by Gasteiger charge is -2.30. The van der Waals surface area contributed by atoms with E-state index in [0.717, 1.165) is 10.0 Å². The maximum absolute atomic E-state index is 12.0. The number of aliphatic hydroxyl groups is 1. The predicted octanol–water partition coefficient (Wildman–Crippen LogP) is 3.35. The normalized spacial score (nSPS) is 12.9. The van der Waals surface area contributed by atoms with E-state index in [1.165, 1.54) is 4.90 Å². The Morgan fingerprint density at radius 3 is 2.32 bits per heavy atom. The molecular weight excluding hydrogens is 310 g/mol. The van der Waals surface area contributed by atoms with Crippen molar-refractivity contribution in [2.75, 3.05) is 13.7 Å². The molecule has 1 unspecified atom stereocenters. The Bertz CT molecular complexity index is 425. The first-order chi connectivity index (χ1) is 8.74. The largest absolute Gasteiger partial charge is 0.444 e. The second-order valence-corrected chi connectivity index (χ2v) is 6.26. The van der Waals surface area contributed by atoms with Gasteiger partial charge in [0.2, 0.25) is 0 Å². The second-order valence-electron chi connectivity index (χ2n) is 5.34. The standard InChI is InChI=1S/C14H20BrNO3/c1-14(2,3)19-13(18)16(4)12(9-17)10-5-7-11(15)8-6-10/h5-8,12,17H,9H2,1-4H3. The highest BCUT2D eigenvalue weighted by atomic mass is 79.9. The zero-order chi connectivity index (χ0) is 14.6. The van der Waals surface area contributed by atoms with Crippen molar-refractivity contribution >= 4 is 22.0 Å². The van der Waals surface area contributed by atoms with Crippen LogP contribution in [-0.4, -0.2) is 35.4 Å². The quantitative estimate of drug-likeness (QED) is 0.925. The average Bonchev–Trinajstić information content (AvgIpc) is 2.30. The van der Waals surface area contributed by atoms with E-state index in [9.17, 15) is 9.90 Å². The van der Waals surface area contributed by atoms with Crippen molar-refractivity contribution in [1.29, 1.82) is 0 Å². The molecule has 0 saturated carbocycles. The third kappa shape index (κ3) is 4.84. The SMILES string of the molecule is CN(C(=O)OC(C)(C)C)C(CO)c1ccc(Br)cc1. The molecule has 0 bridgehead atoms. The highest BCUT2D eigenvalue weighted by molar-refractivity contribution is 9.10. The molecule has 19 heavy (non-hydrogen) atoms. The average molecular weight is 330 g/mol. The molecule has 5 heteroatoms. The van der Waals surface area contributed by atoms with Gasteiger partial charge in [0.05, 0.1) is 12.6 Å². The minimum atomic E-state index is -0.551. The summed E-state index contributed by atoms with van der Waals surface area (Å²) in [5, 5.41) is 9.51. The smallest absolute Gasteiger partial charge is 0.410 e. The fraction of sp³-hybridized carbons (Fsp3) is 0.500. The lowest BCUT2D eigenvalue weighted by Crippen LogP contribution is -2.37. The van der Waals surface area contributed by atoms with Gasteiger partial charge >= 0.3 is 6.09 Å². The van der Waals surface area contributed by atoms with Gasteiger partial charge in [-0.25, -0.2) is 4.79 Å². The molecular formula is C14H20BrNO3. The van der Waals surface area contributed by atoms with Crippen LogP contribution in [0.25, 0.3) is 0 Å². The fourth-order valence-electron chi connectivity index (χ4n) is 1.60. The number of carbonyl (C=O) groups excluding carboxylic acids is 1. The number of likely N-dealkylation sites (N-methyl/N-ethyl adjacent to an activating group) is 1. The number of carbonyl (C=O) groups is 1. The van der Waals surface area contributed by atoms with Gasteiger partial charge in [0, 0.05) is 11.5 Å². The van der Waals surface area contributed by atoms with Gasteiger partial charge in [-0.2, -0.15) is 0 Å². The Kier molecular flexibility index (Phi) is 5.38. The first-order valence-electron chi connectivity index (χ1n) is 6.06. The summed E-state index contributed by atoms with van der Waals surface area (Å²) in [6, 6.07) is 7.07. The van der Waals surface area contributed by atoms with E-state index < -0.39 is 17.7 Å². The zero-order valence-electron chi connectivity index (χ0n) is 11.7. The summed E-state index contributed by atoms with van der Waals surface area (Å²) < 4.78 is 6.25. The highest BCUT2D eigenvalue weighted by Gasteiger charge is 2.25. The minimum absolute atomic E-state index is 0.155. The van der Waals surface area contributed by atoms with E-state index in [1.54, 1.807) is 7.05 Å². The number of nitrogens with zero attached hydrogens (tertiary/aromatic N) is 1. The third-order valence-corrected chi connectivity index (χ3v) is 3.11. The van der Waals surface area contributed by atoms with Gasteiger partial charge in [-0.15, -0.1) is 0 Å². The van der Waals surface area contributed by atoms with Gasteiger partial charge in [-0.3, -0.25) is 0 Å². The zero-order valence-corrected chi connectivity index (χ0v) is 13.3. The predicted molar refractivity (Wildman–Crippen MR) is 78.0 cm³/mol. The van der Waals surface area contributed by atoms with Crippen molar-refractivity contribution < 1.29 is 14.6 Å². The van der Waals surface area contributed by atoms with Crippen LogP contribution in [-0.2, 0) is 4.74 Å². The molecule has 1 aromatic rings. The van der Waals surface area contributed by atoms with Crippen molar-refractivity contribution in [2.45, 2.75) is 32.4 Å². The van der Waals surface area contributed by atoms with Crippen molar-refractivity contribution in [3.8, 4) is 0 Å². The van der Waals surface area contributed by atoms with Gasteiger partial charge in [-0.1, -0.05) is 28.1 Å². The molecule has 4 nitrogen and oxygen atoms in total. The molecule has 1 aromatic carbocycles. The minimum Gasteiger partial charge on any atom is -0.444 e.